The van der Waals surface area contributed by atoms with Crippen molar-refractivity contribution in [2.75, 3.05) is 26.7 Å². The number of ether oxygens (including phenoxy) is 1. The minimum absolute atomic E-state index is 0.442. The Balaban J connectivity index is 1.15. The lowest BCUT2D eigenvalue weighted by atomic mass is 10.0. The summed E-state index contributed by atoms with van der Waals surface area (Å²) in [5, 5.41) is 15.6. The predicted molar refractivity (Wildman–Crippen MR) is 129 cm³/mol. The van der Waals surface area contributed by atoms with Gasteiger partial charge in [-0.25, -0.2) is 4.98 Å². The quantitative estimate of drug-likeness (QED) is 0.452. The first-order valence-electron chi connectivity index (χ1n) is 11.5. The molecule has 1 fully saturated rings. The molecule has 1 aliphatic rings. The van der Waals surface area contributed by atoms with Crippen molar-refractivity contribution in [2.45, 2.75) is 31.5 Å². The lowest BCUT2D eigenvalue weighted by molar-refractivity contribution is 0.0949. The number of rotatable bonds is 7. The van der Waals surface area contributed by atoms with Crippen LogP contribution in [0.5, 0.6) is 5.75 Å². The van der Waals surface area contributed by atoms with Crippen LogP contribution in [0.15, 0.2) is 60.9 Å². The maximum atomic E-state index is 11.0. The molecule has 1 aliphatic heterocycles. The highest BCUT2D eigenvalue weighted by atomic mass is 16.5. The van der Waals surface area contributed by atoms with Crippen LogP contribution in [0.4, 0.5) is 0 Å². The van der Waals surface area contributed by atoms with Gasteiger partial charge < -0.3 is 20.1 Å². The number of aliphatic hydroxyl groups is 1. The monoisotopic (exact) mass is 443 g/mol. The Bertz CT molecular complexity index is 1240. The van der Waals surface area contributed by atoms with E-state index in [1.807, 2.05) is 54.7 Å². The largest absolute Gasteiger partial charge is 0.495 e. The molecule has 7 heteroatoms. The lowest BCUT2D eigenvalue weighted by Crippen LogP contribution is -2.43. The maximum Gasteiger partial charge on any atom is 0.137 e. The van der Waals surface area contributed by atoms with E-state index in [1.54, 1.807) is 13.3 Å². The molecule has 3 heterocycles. The standard InChI is InChI=1S/C26H29N5O2/c1-33-20-13-22-21(5-4-8-23(22)29-16-20)26(32)17-31-11-9-18(10-12-31)27-14-19-15-28-24-6-2-3-7-25(24)30-19/h2-8,13,15-16,18,26-27,32H,9-12,14,17H2,1H3. The molecule has 2 aromatic heterocycles. The molecule has 0 spiro atoms. The van der Waals surface area contributed by atoms with E-state index < -0.39 is 6.10 Å². The third kappa shape index (κ3) is 4.95. The molecule has 5 rings (SSSR count). The van der Waals surface area contributed by atoms with Crippen LogP contribution >= 0.6 is 0 Å². The van der Waals surface area contributed by atoms with Crippen molar-refractivity contribution in [3.63, 3.8) is 0 Å². The van der Waals surface area contributed by atoms with Crippen LogP contribution < -0.4 is 10.1 Å². The Morgan fingerprint density at radius 1 is 1.03 bits per heavy atom. The maximum absolute atomic E-state index is 11.0. The molecule has 1 unspecified atom stereocenters. The van der Waals surface area contributed by atoms with Crippen molar-refractivity contribution in [3.05, 3.63) is 72.2 Å². The highest BCUT2D eigenvalue weighted by Gasteiger charge is 2.22. The second kappa shape index (κ2) is 9.79. The second-order valence-corrected chi connectivity index (χ2v) is 8.61. The molecule has 0 bridgehead atoms. The number of benzene rings is 2. The minimum atomic E-state index is -0.569. The number of aromatic nitrogens is 3. The van der Waals surface area contributed by atoms with Crippen molar-refractivity contribution < 1.29 is 9.84 Å². The van der Waals surface area contributed by atoms with Crippen molar-refractivity contribution in [1.82, 2.24) is 25.2 Å². The molecule has 33 heavy (non-hydrogen) atoms. The van der Waals surface area contributed by atoms with Crippen LogP contribution in [0.25, 0.3) is 21.9 Å². The zero-order valence-electron chi connectivity index (χ0n) is 18.8. The van der Waals surface area contributed by atoms with Crippen LogP contribution in [0, 0.1) is 0 Å². The van der Waals surface area contributed by atoms with Gasteiger partial charge in [-0.05, 0) is 55.8 Å². The van der Waals surface area contributed by atoms with Gasteiger partial charge in [0, 0.05) is 24.5 Å². The number of likely N-dealkylation sites (tertiary alicyclic amines) is 1. The molecule has 0 radical (unpaired) electrons. The van der Waals surface area contributed by atoms with Gasteiger partial charge in [0.05, 0.1) is 47.9 Å². The number of fused-ring (bicyclic) bond motifs is 2. The summed E-state index contributed by atoms with van der Waals surface area (Å²) in [6, 6.07) is 16.2. The molecule has 2 N–H and O–H groups in total. The number of para-hydroxylation sites is 2. The summed E-state index contributed by atoms with van der Waals surface area (Å²) >= 11 is 0. The first-order chi connectivity index (χ1) is 16.2. The van der Waals surface area contributed by atoms with Crippen molar-refractivity contribution in [3.8, 4) is 5.75 Å². The van der Waals surface area contributed by atoms with Crippen LogP contribution in [-0.2, 0) is 6.54 Å². The minimum Gasteiger partial charge on any atom is -0.495 e. The summed E-state index contributed by atoms with van der Waals surface area (Å²) in [5.74, 6) is 0.699. The number of piperidine rings is 1. The molecule has 7 nitrogen and oxygen atoms in total. The van der Waals surface area contributed by atoms with Gasteiger partial charge in [0.1, 0.15) is 5.75 Å². The summed E-state index contributed by atoms with van der Waals surface area (Å²) in [6.45, 7) is 3.23. The normalized spacial score (nSPS) is 16.3. The van der Waals surface area contributed by atoms with Gasteiger partial charge in [0.25, 0.3) is 0 Å². The zero-order chi connectivity index (χ0) is 22.6. The van der Waals surface area contributed by atoms with Gasteiger partial charge in [0.15, 0.2) is 0 Å². The van der Waals surface area contributed by atoms with Crippen molar-refractivity contribution >= 4 is 21.9 Å². The molecular formula is C26H29N5O2. The van der Waals surface area contributed by atoms with E-state index >= 15 is 0 Å². The fourth-order valence-corrected chi connectivity index (χ4v) is 4.55. The average molecular weight is 444 g/mol. The zero-order valence-corrected chi connectivity index (χ0v) is 18.8. The third-order valence-corrected chi connectivity index (χ3v) is 6.42. The van der Waals surface area contributed by atoms with E-state index in [-0.39, 0.29) is 0 Å². The van der Waals surface area contributed by atoms with Gasteiger partial charge >= 0.3 is 0 Å². The molecule has 4 aromatic rings. The van der Waals surface area contributed by atoms with Crippen LogP contribution in [0.2, 0.25) is 0 Å². The molecule has 1 atom stereocenters. The number of hydrogen-bond donors (Lipinski definition) is 2. The Hall–Kier alpha value is -3.13. The van der Waals surface area contributed by atoms with Gasteiger partial charge in [-0.2, -0.15) is 0 Å². The number of nitrogens with one attached hydrogen (secondary N) is 1. The Kier molecular flexibility index (Phi) is 6.44. The molecule has 0 saturated carbocycles. The fourth-order valence-electron chi connectivity index (χ4n) is 4.55. The highest BCUT2D eigenvalue weighted by Crippen LogP contribution is 2.27. The number of β-amino-alcohol motifs (C(OH)–C–C–N with tert-alkyl or cyclic N) is 1. The smallest absolute Gasteiger partial charge is 0.137 e. The number of hydrogen-bond acceptors (Lipinski definition) is 7. The van der Waals surface area contributed by atoms with E-state index in [0.29, 0.717) is 18.3 Å². The molecule has 0 aliphatic carbocycles. The van der Waals surface area contributed by atoms with Gasteiger partial charge in [-0.3, -0.25) is 9.97 Å². The van der Waals surface area contributed by atoms with Crippen molar-refractivity contribution in [1.29, 1.82) is 0 Å². The number of nitrogens with zero attached hydrogens (tertiary/aromatic N) is 4. The molecular weight excluding hydrogens is 414 g/mol. The summed E-state index contributed by atoms with van der Waals surface area (Å²) in [4.78, 5) is 16.0. The molecule has 2 aromatic carbocycles. The third-order valence-electron chi connectivity index (χ3n) is 6.42. The Morgan fingerprint density at radius 2 is 1.79 bits per heavy atom. The van der Waals surface area contributed by atoms with Gasteiger partial charge in [-0.15, -0.1) is 0 Å². The summed E-state index contributed by atoms with van der Waals surface area (Å²) in [6.07, 6.45) is 5.08. The Labute approximate surface area is 193 Å². The van der Waals surface area contributed by atoms with Crippen molar-refractivity contribution in [2.24, 2.45) is 0 Å². The van der Waals surface area contributed by atoms with Gasteiger partial charge in [-0.1, -0.05) is 24.3 Å². The molecule has 0 amide bonds. The number of aliphatic hydroxyl groups excluding tert-OH is 1. The van der Waals surface area contributed by atoms with Crippen LogP contribution in [0.1, 0.15) is 30.2 Å². The summed E-state index contributed by atoms with van der Waals surface area (Å²) < 4.78 is 5.32. The first kappa shape index (κ1) is 21.7. The van der Waals surface area contributed by atoms with E-state index in [0.717, 1.165) is 65.7 Å². The Morgan fingerprint density at radius 3 is 2.61 bits per heavy atom. The SMILES string of the molecule is COc1cnc2cccc(C(O)CN3CCC(NCc4cnc5ccccc5n4)CC3)c2c1. The summed E-state index contributed by atoms with van der Waals surface area (Å²) in [5.41, 5.74) is 4.59. The first-order valence-corrected chi connectivity index (χ1v) is 11.5. The van der Waals surface area contributed by atoms with E-state index in [1.165, 1.54) is 0 Å². The van der Waals surface area contributed by atoms with E-state index in [9.17, 15) is 5.11 Å². The van der Waals surface area contributed by atoms with E-state index in [4.69, 9.17) is 9.72 Å². The number of methoxy groups -OCH3 is 1. The highest BCUT2D eigenvalue weighted by molar-refractivity contribution is 5.83. The molecule has 170 valence electrons. The van der Waals surface area contributed by atoms with Crippen LogP contribution in [0.3, 0.4) is 0 Å². The predicted octanol–water partition coefficient (Wildman–Crippen LogP) is 3.47. The fraction of sp³-hybridized carbons (Fsp3) is 0.346. The van der Waals surface area contributed by atoms with E-state index in [2.05, 4.69) is 20.2 Å². The second-order valence-electron chi connectivity index (χ2n) is 8.61. The number of pyridine rings is 1. The summed E-state index contributed by atoms with van der Waals surface area (Å²) in [7, 11) is 1.63. The molecule has 1 saturated heterocycles. The van der Waals surface area contributed by atoms with Crippen LogP contribution in [-0.4, -0.2) is 57.7 Å². The topological polar surface area (TPSA) is 83.4 Å². The average Bonchev–Trinajstić information content (AvgIpc) is 2.87. The lowest BCUT2D eigenvalue weighted by Gasteiger charge is -2.33. The van der Waals surface area contributed by atoms with Gasteiger partial charge in [0.2, 0.25) is 0 Å².